The second kappa shape index (κ2) is 28.9. The van der Waals surface area contributed by atoms with Gasteiger partial charge in [-0.3, -0.25) is 33.6 Å². The summed E-state index contributed by atoms with van der Waals surface area (Å²) in [6.07, 6.45) is 4.08. The smallest absolute Gasteiger partial charge is 0.251 e. The third kappa shape index (κ3) is 16.2. The van der Waals surface area contributed by atoms with Crippen LogP contribution in [0.1, 0.15) is 113 Å². The van der Waals surface area contributed by atoms with E-state index in [9.17, 15) is 48.9 Å². The van der Waals surface area contributed by atoms with Gasteiger partial charge in [0.15, 0.2) is 0 Å². The third-order valence-corrected chi connectivity index (χ3v) is 15.5. The largest absolute Gasteiger partial charge is 0.494 e. The lowest BCUT2D eigenvalue weighted by Crippen LogP contribution is -2.61. The first-order valence-corrected chi connectivity index (χ1v) is 28.3. The number of nitrogens with zero attached hydrogens (tertiary/aromatic N) is 4. The highest BCUT2D eigenvalue weighted by Gasteiger charge is 2.44. The molecular weight excluding hydrogens is 1010 g/mol. The van der Waals surface area contributed by atoms with Crippen molar-refractivity contribution in [2.75, 3.05) is 62.2 Å². The third-order valence-electron chi connectivity index (χ3n) is 15.5. The zero-order chi connectivity index (χ0) is 56.6. The number of carbonyl (C=O) groups excluding carboxylic acids is 7. The number of anilines is 2. The first kappa shape index (κ1) is 59.8. The Labute approximate surface area is 463 Å². The monoisotopic (exact) mass is 1090 g/mol. The molecule has 0 radical (unpaired) electrons. The number of piperazine rings is 1. The lowest BCUT2D eigenvalue weighted by atomic mass is 10.0. The fraction of sp³-hybridized carbons (Fsp3) is 0.569. The second-order valence-corrected chi connectivity index (χ2v) is 21.5. The van der Waals surface area contributed by atoms with Crippen LogP contribution in [0.3, 0.4) is 0 Å². The van der Waals surface area contributed by atoms with Gasteiger partial charge in [-0.1, -0.05) is 56.9 Å². The molecule has 79 heavy (non-hydrogen) atoms. The summed E-state index contributed by atoms with van der Waals surface area (Å²) in [5, 5.41) is 45.3. The van der Waals surface area contributed by atoms with Crippen molar-refractivity contribution in [2.24, 2.45) is 5.73 Å². The Morgan fingerprint density at radius 2 is 1.28 bits per heavy atom. The van der Waals surface area contributed by atoms with E-state index in [0.717, 1.165) is 55.3 Å². The van der Waals surface area contributed by atoms with Gasteiger partial charge in [0.25, 0.3) is 5.91 Å². The zero-order valence-electron chi connectivity index (χ0n) is 45.9. The van der Waals surface area contributed by atoms with Crippen molar-refractivity contribution in [3.8, 4) is 5.75 Å². The van der Waals surface area contributed by atoms with Crippen LogP contribution in [0.5, 0.6) is 5.75 Å². The molecule has 21 nitrogen and oxygen atoms in total. The molecule has 4 saturated heterocycles. The first-order valence-electron chi connectivity index (χ1n) is 28.3. The van der Waals surface area contributed by atoms with Gasteiger partial charge in [0.2, 0.25) is 35.4 Å². The van der Waals surface area contributed by atoms with Gasteiger partial charge in [0, 0.05) is 68.8 Å². The molecule has 9 unspecified atom stereocenters. The molecule has 4 aliphatic rings. The highest BCUT2D eigenvalue weighted by Crippen LogP contribution is 2.26. The van der Waals surface area contributed by atoms with E-state index in [1.54, 1.807) is 36.4 Å². The molecular formula is C58H82N10O11. The van der Waals surface area contributed by atoms with Gasteiger partial charge < -0.3 is 72.0 Å². The minimum atomic E-state index is -1.55. The van der Waals surface area contributed by atoms with E-state index in [0.29, 0.717) is 18.6 Å². The summed E-state index contributed by atoms with van der Waals surface area (Å²) in [6, 6.07) is 13.8. The average molecular weight is 1100 g/mol. The predicted molar refractivity (Wildman–Crippen MR) is 298 cm³/mol. The number of carbonyl (C=O) groups is 7. The summed E-state index contributed by atoms with van der Waals surface area (Å²) < 4.78 is 5.97. The van der Waals surface area contributed by atoms with E-state index in [2.05, 4.69) is 55.4 Å². The normalized spacial score (nSPS) is 24.8. The number of nitrogens with one attached hydrogen (secondary N) is 5. The number of fused-ring (bicyclic) bond motifs is 2. The summed E-state index contributed by atoms with van der Waals surface area (Å²) >= 11 is 0. The quantitative estimate of drug-likeness (QED) is 0.0870. The van der Waals surface area contributed by atoms with Crippen LogP contribution < -0.4 is 46.9 Å². The molecule has 4 fully saturated rings. The number of benzene rings is 3. The lowest BCUT2D eigenvalue weighted by molar-refractivity contribution is -0.145. The Morgan fingerprint density at radius 3 is 1.90 bits per heavy atom. The van der Waals surface area contributed by atoms with Crippen molar-refractivity contribution in [3.05, 3.63) is 89.5 Å². The lowest BCUT2D eigenvalue weighted by Gasteiger charge is -2.37. The molecule has 4 aliphatic heterocycles. The number of rotatable bonds is 17. The molecule has 7 rings (SSSR count). The zero-order valence-corrected chi connectivity index (χ0v) is 45.9. The average Bonchev–Trinajstić information content (AvgIpc) is 4.16. The minimum Gasteiger partial charge on any atom is -0.494 e. The molecule has 10 N–H and O–H groups in total. The minimum absolute atomic E-state index is 0.00380. The fourth-order valence-corrected chi connectivity index (χ4v) is 10.8. The van der Waals surface area contributed by atoms with Crippen LogP contribution in [0.4, 0.5) is 11.4 Å². The Morgan fingerprint density at radius 1 is 0.684 bits per heavy atom. The number of ether oxygens (including phenoxy) is 1. The van der Waals surface area contributed by atoms with E-state index < -0.39 is 95.9 Å². The Hall–Kier alpha value is -6.81. The van der Waals surface area contributed by atoms with Crippen LogP contribution in [-0.2, 0) is 41.8 Å². The van der Waals surface area contributed by atoms with Gasteiger partial charge in [-0.25, -0.2) is 0 Å². The van der Waals surface area contributed by atoms with Crippen molar-refractivity contribution in [1.29, 1.82) is 0 Å². The van der Waals surface area contributed by atoms with Crippen LogP contribution in [0.25, 0.3) is 0 Å². The maximum Gasteiger partial charge on any atom is 0.251 e. The molecule has 0 aromatic heterocycles. The van der Waals surface area contributed by atoms with Crippen molar-refractivity contribution >= 4 is 52.7 Å². The molecule has 4 heterocycles. The van der Waals surface area contributed by atoms with Crippen molar-refractivity contribution in [2.45, 2.75) is 159 Å². The highest BCUT2D eigenvalue weighted by atomic mass is 16.5. The number of hydrogen-bond donors (Lipinski definition) is 9. The summed E-state index contributed by atoms with van der Waals surface area (Å²) in [5.74, 6) is -4.07. The summed E-state index contributed by atoms with van der Waals surface area (Å²) in [6.45, 7) is 8.51. The number of amides is 7. The molecule has 0 saturated carbocycles. The Kier molecular flexibility index (Phi) is 21.9. The predicted octanol–water partition coefficient (Wildman–Crippen LogP) is 1.63. The SMILES string of the molecule is CCCCCCCOc1ccc(N2CCN(c3ccc(C(=O)NC4CCCNC(=O)C5CC(N)CN5C(=O)C(C(C)O)NC(=O)C(CCc5ccc(CO)cc5)NC(=O)C5CCCN5C(=O)C(C(C)O)NC4=O)cc3)CC2)cc1. The Balaban J connectivity index is 1.05. The Bertz CT molecular complexity index is 2520. The van der Waals surface area contributed by atoms with Crippen molar-refractivity contribution < 1.29 is 53.6 Å². The van der Waals surface area contributed by atoms with Crippen molar-refractivity contribution in [1.82, 2.24) is 36.4 Å². The summed E-state index contributed by atoms with van der Waals surface area (Å²) in [5.41, 5.74) is 10.1. The second-order valence-electron chi connectivity index (χ2n) is 21.5. The molecule has 3 aromatic carbocycles. The van der Waals surface area contributed by atoms with Crippen molar-refractivity contribution in [3.63, 3.8) is 0 Å². The molecule has 0 aliphatic carbocycles. The van der Waals surface area contributed by atoms with E-state index in [4.69, 9.17) is 10.5 Å². The number of aliphatic hydroxyl groups excluding tert-OH is 3. The van der Waals surface area contributed by atoms with E-state index in [1.165, 1.54) is 49.3 Å². The topological polar surface area (TPSA) is 289 Å². The van der Waals surface area contributed by atoms with Crippen LogP contribution in [0.15, 0.2) is 72.8 Å². The van der Waals surface area contributed by atoms with E-state index >= 15 is 0 Å². The van der Waals surface area contributed by atoms with Gasteiger partial charge >= 0.3 is 0 Å². The number of nitrogens with two attached hydrogens (primary N) is 1. The molecule has 0 bridgehead atoms. The van der Waals surface area contributed by atoms with E-state index in [-0.39, 0.29) is 70.3 Å². The van der Waals surface area contributed by atoms with Crippen LogP contribution in [0.2, 0.25) is 0 Å². The van der Waals surface area contributed by atoms with Crippen LogP contribution in [-0.4, -0.2) is 173 Å². The highest BCUT2D eigenvalue weighted by molar-refractivity contribution is 6.00. The van der Waals surface area contributed by atoms with Gasteiger partial charge in [0.1, 0.15) is 42.0 Å². The first-order chi connectivity index (χ1) is 38.0. The van der Waals surface area contributed by atoms with Gasteiger partial charge in [-0.05, 0) is 125 Å². The fourth-order valence-electron chi connectivity index (χ4n) is 10.8. The van der Waals surface area contributed by atoms with Crippen LogP contribution >= 0.6 is 0 Å². The number of unbranched alkanes of at least 4 members (excludes halogenated alkanes) is 4. The van der Waals surface area contributed by atoms with Crippen LogP contribution in [0, 0.1) is 0 Å². The standard InChI is InChI=1S/C58H82N10O11/c1-4-5-6-7-8-33-79-45-24-22-44(23-25-45)66-31-29-65(30-32-66)43-20-18-41(19-21-43)52(72)61-46-11-9-27-60-55(75)49-34-42(59)35-68(49)58(78)51(38(3)71)64-54(74)47(26-17-39-13-15-40(36-69)16-14-39)62-56(76)48-12-10-28-67(48)57(77)50(37(2)70)63-53(46)73/h13-16,18-25,37-38,42,46-51,69-71H,4-12,17,26-36,59H2,1-3H3,(H,60,75)(H,61,72)(H,62,76)(H,63,73)(H,64,74). The number of hydrogen-bond acceptors (Lipinski definition) is 14. The maximum absolute atomic E-state index is 14.4. The maximum atomic E-state index is 14.4. The van der Waals surface area contributed by atoms with Gasteiger partial charge in [0.05, 0.1) is 25.4 Å². The van der Waals surface area contributed by atoms with Gasteiger partial charge in [-0.2, -0.15) is 0 Å². The summed E-state index contributed by atoms with van der Waals surface area (Å²) in [4.78, 5) is 106. The molecule has 3 aromatic rings. The number of aryl methyl sites for hydroxylation is 1. The number of aliphatic hydroxyl groups is 3. The van der Waals surface area contributed by atoms with E-state index in [1.807, 2.05) is 24.3 Å². The van der Waals surface area contributed by atoms with Gasteiger partial charge in [-0.15, -0.1) is 0 Å². The molecule has 0 spiro atoms. The molecule has 430 valence electrons. The molecule has 9 atom stereocenters. The molecule has 21 heteroatoms. The summed E-state index contributed by atoms with van der Waals surface area (Å²) in [7, 11) is 0. The molecule has 7 amide bonds.